The van der Waals surface area contributed by atoms with Gasteiger partial charge >= 0.3 is 0 Å². The van der Waals surface area contributed by atoms with Crippen molar-refractivity contribution in [2.24, 2.45) is 11.3 Å². The first kappa shape index (κ1) is 20.2. The highest BCUT2D eigenvalue weighted by Gasteiger charge is 2.37. The minimum absolute atomic E-state index is 0.00432. The van der Waals surface area contributed by atoms with Crippen LogP contribution in [0.4, 0.5) is 0 Å². The maximum absolute atomic E-state index is 12.8. The SMILES string of the molecule is CC(C)C(C)(C)C[C@H](NC(=O)c1ccoc1)C(=O)N[C@@H]1C(=O)CO[C@H]1C. The molecule has 7 nitrogen and oxygen atoms in total. The van der Waals surface area contributed by atoms with Crippen LogP contribution in [-0.4, -0.2) is 42.4 Å². The third kappa shape index (κ3) is 4.72. The molecule has 1 aromatic heterocycles. The number of carbonyl (C=O) groups is 3. The van der Waals surface area contributed by atoms with Crippen molar-refractivity contribution in [3.8, 4) is 0 Å². The monoisotopic (exact) mass is 364 g/mol. The molecular formula is C19H28N2O5. The number of hydrogen-bond donors (Lipinski definition) is 2. The number of amides is 2. The Morgan fingerprint density at radius 1 is 1.35 bits per heavy atom. The normalized spacial score (nSPS) is 21.7. The molecule has 1 aliphatic rings. The first-order valence-corrected chi connectivity index (χ1v) is 8.89. The standard InChI is InChI=1S/C19H28N2O5/c1-11(2)19(4,5)8-14(20-17(23)13-6-7-25-9-13)18(24)21-16-12(3)26-10-15(16)22/h6-7,9,11-12,14,16H,8,10H2,1-5H3,(H,20,23)(H,21,24)/t12-,14-,16-/m0/s1. The van der Waals surface area contributed by atoms with Crippen molar-refractivity contribution in [2.75, 3.05) is 6.61 Å². The number of nitrogens with one attached hydrogen (secondary N) is 2. The fourth-order valence-electron chi connectivity index (χ4n) is 2.72. The number of furan rings is 1. The molecule has 0 spiro atoms. The van der Waals surface area contributed by atoms with Gasteiger partial charge in [0.25, 0.3) is 5.91 Å². The van der Waals surface area contributed by atoms with Gasteiger partial charge in [-0.3, -0.25) is 14.4 Å². The second kappa shape index (κ2) is 8.03. The van der Waals surface area contributed by atoms with Crippen LogP contribution in [0.1, 0.15) is 51.4 Å². The maximum Gasteiger partial charge on any atom is 0.255 e. The number of ether oxygens (including phenoxy) is 1. The summed E-state index contributed by atoms with van der Waals surface area (Å²) in [6.45, 7) is 9.98. The van der Waals surface area contributed by atoms with Gasteiger partial charge in [0.1, 0.15) is 25.0 Å². The zero-order valence-corrected chi connectivity index (χ0v) is 16.0. The number of carbonyl (C=O) groups excluding carboxylic acids is 3. The molecule has 3 atom stereocenters. The fourth-order valence-corrected chi connectivity index (χ4v) is 2.72. The van der Waals surface area contributed by atoms with Gasteiger partial charge in [0.2, 0.25) is 5.91 Å². The van der Waals surface area contributed by atoms with Crippen molar-refractivity contribution in [3.63, 3.8) is 0 Å². The summed E-state index contributed by atoms with van der Waals surface area (Å²) in [5, 5.41) is 5.51. The van der Waals surface area contributed by atoms with E-state index in [4.69, 9.17) is 9.15 Å². The van der Waals surface area contributed by atoms with E-state index in [0.717, 1.165) is 0 Å². The van der Waals surface area contributed by atoms with Crippen LogP contribution in [-0.2, 0) is 14.3 Å². The van der Waals surface area contributed by atoms with Crippen LogP contribution in [0.5, 0.6) is 0 Å². The number of hydrogen-bond acceptors (Lipinski definition) is 5. The Bertz CT molecular complexity index is 651. The largest absolute Gasteiger partial charge is 0.472 e. The van der Waals surface area contributed by atoms with Crippen molar-refractivity contribution in [1.29, 1.82) is 0 Å². The highest BCUT2D eigenvalue weighted by atomic mass is 16.5. The van der Waals surface area contributed by atoms with E-state index in [0.29, 0.717) is 17.9 Å². The van der Waals surface area contributed by atoms with E-state index >= 15 is 0 Å². The zero-order valence-electron chi connectivity index (χ0n) is 16.0. The lowest BCUT2D eigenvalue weighted by molar-refractivity contribution is -0.128. The number of rotatable bonds is 7. The fraction of sp³-hybridized carbons (Fsp3) is 0.632. The Hall–Kier alpha value is -2.15. The summed E-state index contributed by atoms with van der Waals surface area (Å²) in [5.74, 6) is -0.625. The molecule has 1 aliphatic heterocycles. The first-order valence-electron chi connectivity index (χ1n) is 8.89. The van der Waals surface area contributed by atoms with Crippen LogP contribution >= 0.6 is 0 Å². The molecule has 26 heavy (non-hydrogen) atoms. The lowest BCUT2D eigenvalue weighted by Crippen LogP contribution is -2.54. The van der Waals surface area contributed by atoms with Gasteiger partial charge in [-0.2, -0.15) is 0 Å². The Labute approximate surface area is 153 Å². The van der Waals surface area contributed by atoms with Crippen molar-refractivity contribution < 1.29 is 23.5 Å². The molecular weight excluding hydrogens is 336 g/mol. The van der Waals surface area contributed by atoms with E-state index < -0.39 is 12.1 Å². The predicted molar refractivity (Wildman–Crippen MR) is 95.5 cm³/mol. The molecule has 2 heterocycles. The molecule has 1 aromatic rings. The van der Waals surface area contributed by atoms with Crippen molar-refractivity contribution >= 4 is 17.6 Å². The molecule has 0 aliphatic carbocycles. The first-order chi connectivity index (χ1) is 12.1. The topological polar surface area (TPSA) is 97.6 Å². The van der Waals surface area contributed by atoms with Gasteiger partial charge in [-0.1, -0.05) is 27.7 Å². The van der Waals surface area contributed by atoms with E-state index in [1.165, 1.54) is 18.6 Å². The van der Waals surface area contributed by atoms with Crippen LogP contribution < -0.4 is 10.6 Å². The second-order valence-corrected chi connectivity index (χ2v) is 7.85. The van der Waals surface area contributed by atoms with Gasteiger partial charge in [-0.25, -0.2) is 0 Å². The summed E-state index contributed by atoms with van der Waals surface area (Å²) < 4.78 is 10.2. The lowest BCUT2D eigenvalue weighted by Gasteiger charge is -2.33. The second-order valence-electron chi connectivity index (χ2n) is 7.85. The Morgan fingerprint density at radius 2 is 2.04 bits per heavy atom. The molecule has 0 radical (unpaired) electrons. The highest BCUT2D eigenvalue weighted by molar-refractivity contribution is 5.98. The van der Waals surface area contributed by atoms with E-state index in [9.17, 15) is 14.4 Å². The van der Waals surface area contributed by atoms with Crippen molar-refractivity contribution in [1.82, 2.24) is 10.6 Å². The maximum atomic E-state index is 12.8. The van der Waals surface area contributed by atoms with Gasteiger partial charge in [0.05, 0.1) is 17.9 Å². The minimum atomic E-state index is -0.768. The molecule has 2 N–H and O–H groups in total. The van der Waals surface area contributed by atoms with E-state index in [1.54, 1.807) is 6.92 Å². The summed E-state index contributed by atoms with van der Waals surface area (Å²) >= 11 is 0. The van der Waals surface area contributed by atoms with Gasteiger partial charge in [0, 0.05) is 0 Å². The predicted octanol–water partition coefficient (Wildman–Crippen LogP) is 1.92. The van der Waals surface area contributed by atoms with Gasteiger partial charge in [0.15, 0.2) is 5.78 Å². The summed E-state index contributed by atoms with van der Waals surface area (Å²) in [7, 11) is 0. The Kier molecular flexibility index (Phi) is 6.23. The third-order valence-electron chi connectivity index (χ3n) is 5.30. The summed E-state index contributed by atoms with van der Waals surface area (Å²) in [5.41, 5.74) is 0.159. The van der Waals surface area contributed by atoms with Crippen LogP contribution in [0.2, 0.25) is 0 Å². The van der Waals surface area contributed by atoms with Gasteiger partial charge in [-0.15, -0.1) is 0 Å². The highest BCUT2D eigenvalue weighted by Crippen LogP contribution is 2.31. The molecule has 0 saturated carbocycles. The van der Waals surface area contributed by atoms with E-state index in [-0.39, 0.29) is 35.7 Å². The van der Waals surface area contributed by atoms with E-state index in [1.807, 2.05) is 0 Å². The number of ketones is 1. The zero-order chi connectivity index (χ0) is 19.5. The smallest absolute Gasteiger partial charge is 0.255 e. The third-order valence-corrected chi connectivity index (χ3v) is 5.30. The van der Waals surface area contributed by atoms with Crippen LogP contribution in [0.15, 0.2) is 23.0 Å². The molecule has 1 fully saturated rings. The molecule has 2 amide bonds. The molecule has 7 heteroatoms. The summed E-state index contributed by atoms with van der Waals surface area (Å²) in [6.07, 6.45) is 2.79. The average molecular weight is 364 g/mol. The lowest BCUT2D eigenvalue weighted by atomic mass is 9.76. The average Bonchev–Trinajstić information content (AvgIpc) is 3.19. The molecule has 0 aromatic carbocycles. The molecule has 144 valence electrons. The Balaban J connectivity index is 2.14. The molecule has 1 saturated heterocycles. The van der Waals surface area contributed by atoms with Crippen LogP contribution in [0.3, 0.4) is 0 Å². The molecule has 2 rings (SSSR count). The number of Topliss-reactive ketones (excluding diaryl/α,β-unsaturated/α-hetero) is 1. The molecule has 0 unspecified atom stereocenters. The van der Waals surface area contributed by atoms with Gasteiger partial charge < -0.3 is 19.8 Å². The van der Waals surface area contributed by atoms with E-state index in [2.05, 4.69) is 38.3 Å². The van der Waals surface area contributed by atoms with Gasteiger partial charge in [-0.05, 0) is 30.7 Å². The minimum Gasteiger partial charge on any atom is -0.472 e. The Morgan fingerprint density at radius 3 is 2.54 bits per heavy atom. The van der Waals surface area contributed by atoms with Crippen LogP contribution in [0, 0.1) is 11.3 Å². The van der Waals surface area contributed by atoms with Crippen molar-refractivity contribution in [2.45, 2.75) is 59.2 Å². The van der Waals surface area contributed by atoms with Crippen molar-refractivity contribution in [3.05, 3.63) is 24.2 Å². The summed E-state index contributed by atoms with van der Waals surface area (Å²) in [6, 6.07) is 0.0854. The van der Waals surface area contributed by atoms with Crippen LogP contribution in [0.25, 0.3) is 0 Å². The molecule has 0 bridgehead atoms. The summed E-state index contributed by atoms with van der Waals surface area (Å²) in [4.78, 5) is 37.1. The quantitative estimate of drug-likeness (QED) is 0.770.